The second-order valence-electron chi connectivity index (χ2n) is 9.12. The van der Waals surface area contributed by atoms with Crippen molar-refractivity contribution < 1.29 is 18.2 Å². The molecule has 2 aromatic heterocycles. The minimum absolute atomic E-state index is 0.118. The summed E-state index contributed by atoms with van der Waals surface area (Å²) in [7, 11) is -0.444. The summed E-state index contributed by atoms with van der Waals surface area (Å²) in [4.78, 5) is 16.9. The molecule has 0 N–H and O–H groups in total. The molecule has 5 rings (SSSR count). The van der Waals surface area contributed by atoms with Gasteiger partial charge in [-0.25, -0.2) is 4.79 Å². The lowest BCUT2D eigenvalue weighted by atomic mass is 9.79. The van der Waals surface area contributed by atoms with Gasteiger partial charge in [0, 0.05) is 10.9 Å². The molecule has 0 atom stereocenters. The van der Waals surface area contributed by atoms with Gasteiger partial charge in [-0.3, -0.25) is 0 Å². The second-order valence-corrected chi connectivity index (χ2v) is 9.12. The number of rotatable bonds is 3. The van der Waals surface area contributed by atoms with Crippen LogP contribution in [0.1, 0.15) is 33.3 Å². The molecule has 1 saturated heterocycles. The van der Waals surface area contributed by atoms with Gasteiger partial charge >= 0.3 is 12.7 Å². The number of aryl methyl sites for hydroxylation is 1. The third-order valence-corrected chi connectivity index (χ3v) is 6.24. The highest BCUT2D eigenvalue weighted by Crippen LogP contribution is 2.36. The first-order valence-corrected chi connectivity index (χ1v) is 10.5. The first kappa shape index (κ1) is 20.7. The lowest BCUT2D eigenvalue weighted by Crippen LogP contribution is -2.41. The van der Waals surface area contributed by atoms with Crippen molar-refractivity contribution in [1.29, 1.82) is 0 Å². The van der Waals surface area contributed by atoms with E-state index in [1.807, 2.05) is 71.0 Å². The van der Waals surface area contributed by atoms with Crippen molar-refractivity contribution in [3.8, 4) is 22.8 Å². The highest BCUT2D eigenvalue weighted by molar-refractivity contribution is 6.62. The molecule has 3 heterocycles. The number of hydrogen-bond donors (Lipinski definition) is 0. The molecule has 162 valence electrons. The Hall–Kier alpha value is -3.23. The van der Waals surface area contributed by atoms with Crippen LogP contribution in [0.2, 0.25) is 0 Å². The molecule has 0 bridgehead atoms. The largest absolute Gasteiger partial charge is 0.494 e. The Bertz CT molecular complexity index is 1360. The Kier molecular flexibility index (Phi) is 4.62. The van der Waals surface area contributed by atoms with E-state index in [-0.39, 0.29) is 11.5 Å². The molecule has 1 fully saturated rings. The number of benzene rings is 2. The van der Waals surface area contributed by atoms with E-state index < -0.39 is 23.9 Å². The van der Waals surface area contributed by atoms with Crippen LogP contribution in [0.5, 0.6) is 0 Å². The van der Waals surface area contributed by atoms with Crippen LogP contribution in [0.15, 0.2) is 62.3 Å². The Morgan fingerprint density at radius 2 is 1.59 bits per heavy atom. The van der Waals surface area contributed by atoms with E-state index in [2.05, 4.69) is 10.1 Å². The van der Waals surface area contributed by atoms with Crippen molar-refractivity contribution in [1.82, 2.24) is 10.1 Å². The Balaban J connectivity index is 1.43. The third kappa shape index (κ3) is 3.45. The summed E-state index contributed by atoms with van der Waals surface area (Å²) in [5, 5.41) is 4.84. The highest BCUT2D eigenvalue weighted by Gasteiger charge is 2.51. The van der Waals surface area contributed by atoms with Crippen molar-refractivity contribution in [2.75, 3.05) is 0 Å². The molecule has 7 nitrogen and oxygen atoms in total. The molecule has 0 spiro atoms. The smallest absolute Gasteiger partial charge is 0.422 e. The van der Waals surface area contributed by atoms with Crippen LogP contribution in [0.25, 0.3) is 33.8 Å². The molecule has 0 unspecified atom stereocenters. The molecule has 0 radical (unpaired) electrons. The zero-order valence-electron chi connectivity index (χ0n) is 18.6. The maximum absolute atomic E-state index is 12.4. The molecular weight excluding hydrogens is 407 g/mol. The van der Waals surface area contributed by atoms with Crippen LogP contribution in [0, 0.1) is 6.92 Å². The molecule has 1 aliphatic rings. The zero-order valence-corrected chi connectivity index (χ0v) is 18.6. The molecule has 0 amide bonds. The van der Waals surface area contributed by atoms with Crippen molar-refractivity contribution >= 4 is 23.6 Å². The average molecular weight is 430 g/mol. The SMILES string of the molecule is Cc1ccc2oc(=O)c(-c3nc(-c4ccc(B5OC(C)(C)C(C)(C)O5)cc4)no3)cc2c1. The van der Waals surface area contributed by atoms with E-state index in [0.29, 0.717) is 11.4 Å². The lowest BCUT2D eigenvalue weighted by molar-refractivity contribution is 0.00578. The van der Waals surface area contributed by atoms with Crippen LogP contribution in [-0.2, 0) is 9.31 Å². The molecule has 8 heteroatoms. The fourth-order valence-electron chi connectivity index (χ4n) is 3.61. The average Bonchev–Trinajstić information content (AvgIpc) is 3.30. The van der Waals surface area contributed by atoms with Crippen molar-refractivity contribution in [3.05, 3.63) is 64.5 Å². The summed E-state index contributed by atoms with van der Waals surface area (Å²) < 4.78 is 23.0. The summed E-state index contributed by atoms with van der Waals surface area (Å²) in [5.41, 5.74) is 2.14. The van der Waals surface area contributed by atoms with Gasteiger partial charge in [0.15, 0.2) is 0 Å². The highest BCUT2D eigenvalue weighted by atomic mass is 16.7. The van der Waals surface area contributed by atoms with Gasteiger partial charge in [0.05, 0.1) is 11.2 Å². The van der Waals surface area contributed by atoms with Gasteiger partial charge in [-0.1, -0.05) is 41.1 Å². The van der Waals surface area contributed by atoms with Crippen LogP contribution in [-0.4, -0.2) is 28.5 Å². The van der Waals surface area contributed by atoms with E-state index in [9.17, 15) is 4.79 Å². The van der Waals surface area contributed by atoms with Gasteiger partial charge in [-0.05, 0) is 58.3 Å². The molecule has 0 aliphatic carbocycles. The minimum Gasteiger partial charge on any atom is -0.422 e. The molecule has 32 heavy (non-hydrogen) atoms. The Labute approximate surface area is 185 Å². The van der Waals surface area contributed by atoms with E-state index >= 15 is 0 Å². The molecule has 4 aromatic rings. The Morgan fingerprint density at radius 1 is 0.906 bits per heavy atom. The van der Waals surface area contributed by atoms with Crippen LogP contribution in [0.4, 0.5) is 0 Å². The summed E-state index contributed by atoms with van der Waals surface area (Å²) >= 11 is 0. The normalized spacial score (nSPS) is 17.2. The second kappa shape index (κ2) is 7.15. The predicted octanol–water partition coefficient (Wildman–Crippen LogP) is 4.12. The maximum Gasteiger partial charge on any atom is 0.494 e. The quantitative estimate of drug-likeness (QED) is 0.357. The number of nitrogens with zero attached hydrogens (tertiary/aromatic N) is 2. The van der Waals surface area contributed by atoms with Gasteiger partial charge < -0.3 is 18.2 Å². The third-order valence-electron chi connectivity index (χ3n) is 6.24. The first-order chi connectivity index (χ1) is 15.1. The van der Waals surface area contributed by atoms with E-state index in [4.69, 9.17) is 18.2 Å². The fraction of sp³-hybridized carbons (Fsp3) is 0.292. The number of hydrogen-bond acceptors (Lipinski definition) is 7. The molecule has 2 aromatic carbocycles. The van der Waals surface area contributed by atoms with Crippen molar-refractivity contribution in [2.24, 2.45) is 0 Å². The van der Waals surface area contributed by atoms with Gasteiger partial charge in [-0.15, -0.1) is 0 Å². The zero-order chi connectivity index (χ0) is 22.7. The van der Waals surface area contributed by atoms with Crippen molar-refractivity contribution in [3.63, 3.8) is 0 Å². The Morgan fingerprint density at radius 3 is 2.28 bits per heavy atom. The summed E-state index contributed by atoms with van der Waals surface area (Å²) in [5.74, 6) is 0.497. The van der Waals surface area contributed by atoms with E-state index in [1.165, 1.54) is 0 Å². The maximum atomic E-state index is 12.4. The van der Waals surface area contributed by atoms with Crippen LogP contribution < -0.4 is 11.1 Å². The summed E-state index contributed by atoms with van der Waals surface area (Å²) in [6.45, 7) is 10.1. The topological polar surface area (TPSA) is 87.6 Å². The van der Waals surface area contributed by atoms with E-state index in [0.717, 1.165) is 22.0 Å². The van der Waals surface area contributed by atoms with Crippen LogP contribution >= 0.6 is 0 Å². The minimum atomic E-state index is -0.521. The molecule has 0 saturated carbocycles. The van der Waals surface area contributed by atoms with Crippen LogP contribution in [0.3, 0.4) is 0 Å². The summed E-state index contributed by atoms with van der Waals surface area (Å²) in [6, 6.07) is 14.9. The van der Waals surface area contributed by atoms with Gasteiger partial charge in [0.1, 0.15) is 11.1 Å². The number of aromatic nitrogens is 2. The van der Waals surface area contributed by atoms with E-state index in [1.54, 1.807) is 12.1 Å². The molecule has 1 aliphatic heterocycles. The lowest BCUT2D eigenvalue weighted by Gasteiger charge is -2.32. The standard InChI is InChI=1S/C24H23BN2O5/c1-14-6-11-19-16(12-14)13-18(22(28)29-19)21-26-20(27-30-21)15-7-9-17(10-8-15)25-31-23(2,3)24(4,5)32-25/h6-13H,1-5H3. The summed E-state index contributed by atoms with van der Waals surface area (Å²) in [6.07, 6.45) is 0. The number of fused-ring (bicyclic) bond motifs is 1. The van der Waals surface area contributed by atoms with Gasteiger partial charge in [-0.2, -0.15) is 4.98 Å². The monoisotopic (exact) mass is 430 g/mol. The molecular formula is C24H23BN2O5. The fourth-order valence-corrected chi connectivity index (χ4v) is 3.61. The van der Waals surface area contributed by atoms with Crippen molar-refractivity contribution in [2.45, 2.75) is 45.8 Å². The predicted molar refractivity (Wildman–Crippen MR) is 122 cm³/mol. The van der Waals surface area contributed by atoms with Gasteiger partial charge in [0.2, 0.25) is 5.82 Å². The first-order valence-electron chi connectivity index (χ1n) is 10.5. The van der Waals surface area contributed by atoms with Gasteiger partial charge in [0.25, 0.3) is 5.89 Å².